The van der Waals surface area contributed by atoms with Gasteiger partial charge < -0.3 is 10.2 Å². The Labute approximate surface area is 109 Å². The van der Waals surface area contributed by atoms with E-state index in [-0.39, 0.29) is 0 Å². The predicted molar refractivity (Wildman–Crippen MR) is 73.1 cm³/mol. The van der Waals surface area contributed by atoms with Gasteiger partial charge in [0.2, 0.25) is 5.95 Å². The molecule has 100 valence electrons. The molecule has 1 aromatic heterocycles. The van der Waals surface area contributed by atoms with E-state index in [2.05, 4.69) is 52.9 Å². The van der Waals surface area contributed by atoms with E-state index in [1.807, 2.05) is 0 Å². The van der Waals surface area contributed by atoms with Gasteiger partial charge in [-0.15, -0.1) is 0 Å². The molecule has 5 heteroatoms. The van der Waals surface area contributed by atoms with Crippen LogP contribution in [0.4, 0.5) is 5.95 Å². The van der Waals surface area contributed by atoms with Crippen molar-refractivity contribution in [3.05, 3.63) is 11.6 Å². The number of hydrogen-bond donors (Lipinski definition) is 1. The summed E-state index contributed by atoms with van der Waals surface area (Å²) in [5.74, 6) is 3.34. The zero-order chi connectivity index (χ0) is 13.1. The van der Waals surface area contributed by atoms with Crippen molar-refractivity contribution in [1.29, 1.82) is 0 Å². The Kier molecular flexibility index (Phi) is 4.11. The number of rotatable bonds is 3. The normalized spacial score (nSPS) is 16.7. The van der Waals surface area contributed by atoms with Gasteiger partial charge in [-0.05, 0) is 0 Å². The monoisotopic (exact) mass is 249 g/mol. The molecule has 1 N–H and O–H groups in total. The molecule has 1 aromatic rings. The Bertz CT molecular complexity index is 370. The van der Waals surface area contributed by atoms with Crippen LogP contribution in [0.15, 0.2) is 0 Å². The molecule has 0 atom stereocenters. The fraction of sp³-hybridized carbons (Fsp3) is 0.769. The number of hydrogen-bond acceptors (Lipinski definition) is 5. The van der Waals surface area contributed by atoms with Gasteiger partial charge in [0.05, 0.1) is 0 Å². The first-order chi connectivity index (χ1) is 8.58. The lowest BCUT2D eigenvalue weighted by molar-refractivity contribution is 0.571. The molecular formula is C13H23N5. The smallest absolute Gasteiger partial charge is 0.228 e. The fourth-order valence-corrected chi connectivity index (χ4v) is 1.92. The van der Waals surface area contributed by atoms with Crippen molar-refractivity contribution in [2.75, 3.05) is 31.1 Å². The average Bonchev–Trinajstić information content (AvgIpc) is 2.39. The zero-order valence-electron chi connectivity index (χ0n) is 11.8. The van der Waals surface area contributed by atoms with E-state index in [0.29, 0.717) is 11.8 Å². The van der Waals surface area contributed by atoms with Crippen LogP contribution in [0.2, 0.25) is 0 Å². The molecule has 2 rings (SSSR count). The Hall–Kier alpha value is -1.23. The van der Waals surface area contributed by atoms with E-state index in [4.69, 9.17) is 0 Å². The fourth-order valence-electron chi connectivity index (χ4n) is 1.92. The van der Waals surface area contributed by atoms with Crippen LogP contribution in [-0.2, 0) is 0 Å². The highest BCUT2D eigenvalue weighted by molar-refractivity contribution is 5.31. The van der Waals surface area contributed by atoms with Crippen molar-refractivity contribution >= 4 is 5.95 Å². The van der Waals surface area contributed by atoms with Gasteiger partial charge in [0.25, 0.3) is 0 Å². The van der Waals surface area contributed by atoms with Crippen molar-refractivity contribution in [2.24, 2.45) is 0 Å². The lowest BCUT2D eigenvalue weighted by atomic mass is 10.2. The minimum atomic E-state index is 0.340. The second kappa shape index (κ2) is 5.61. The molecule has 5 nitrogen and oxygen atoms in total. The van der Waals surface area contributed by atoms with Crippen molar-refractivity contribution in [3.8, 4) is 0 Å². The maximum Gasteiger partial charge on any atom is 0.228 e. The molecule has 0 bridgehead atoms. The van der Waals surface area contributed by atoms with Crippen LogP contribution < -0.4 is 10.2 Å². The second-order valence-electron chi connectivity index (χ2n) is 5.40. The van der Waals surface area contributed by atoms with Gasteiger partial charge in [0.15, 0.2) is 0 Å². The van der Waals surface area contributed by atoms with E-state index < -0.39 is 0 Å². The summed E-state index contributed by atoms with van der Waals surface area (Å²) in [7, 11) is 0. The highest BCUT2D eigenvalue weighted by atomic mass is 15.3. The van der Waals surface area contributed by atoms with Crippen molar-refractivity contribution in [1.82, 2.24) is 20.3 Å². The molecule has 0 radical (unpaired) electrons. The summed E-state index contributed by atoms with van der Waals surface area (Å²) in [5.41, 5.74) is 0. The molecule has 1 saturated heterocycles. The Morgan fingerprint density at radius 3 is 1.83 bits per heavy atom. The summed E-state index contributed by atoms with van der Waals surface area (Å²) in [4.78, 5) is 16.0. The molecule has 0 aromatic carbocycles. The summed E-state index contributed by atoms with van der Waals surface area (Å²) in [5, 5.41) is 3.35. The molecular weight excluding hydrogens is 226 g/mol. The van der Waals surface area contributed by atoms with Gasteiger partial charge in [-0.2, -0.15) is 9.97 Å². The predicted octanol–water partition coefficient (Wildman–Crippen LogP) is 1.53. The van der Waals surface area contributed by atoms with Crippen molar-refractivity contribution in [3.63, 3.8) is 0 Å². The Morgan fingerprint density at radius 1 is 0.889 bits per heavy atom. The Balaban J connectivity index is 2.32. The van der Waals surface area contributed by atoms with Gasteiger partial charge in [0, 0.05) is 38.0 Å². The molecule has 1 aliphatic heterocycles. The third-order valence-corrected chi connectivity index (χ3v) is 3.09. The van der Waals surface area contributed by atoms with Crippen LogP contribution >= 0.6 is 0 Å². The first kappa shape index (κ1) is 13.2. The summed E-state index contributed by atoms with van der Waals surface area (Å²) < 4.78 is 0. The minimum absolute atomic E-state index is 0.340. The van der Waals surface area contributed by atoms with Gasteiger partial charge in [-0.1, -0.05) is 27.7 Å². The highest BCUT2D eigenvalue weighted by Gasteiger charge is 2.17. The average molecular weight is 249 g/mol. The SMILES string of the molecule is CC(C)c1nc(C(C)C)nc(N2CCNCC2)n1. The van der Waals surface area contributed by atoms with Gasteiger partial charge >= 0.3 is 0 Å². The number of nitrogens with one attached hydrogen (secondary N) is 1. The first-order valence-electron chi connectivity index (χ1n) is 6.79. The molecule has 1 aliphatic rings. The Morgan fingerprint density at radius 2 is 1.39 bits per heavy atom. The first-order valence-corrected chi connectivity index (χ1v) is 6.79. The molecule has 1 fully saturated rings. The maximum atomic E-state index is 4.61. The summed E-state index contributed by atoms with van der Waals surface area (Å²) in [6, 6.07) is 0. The standard InChI is InChI=1S/C13H23N5/c1-9(2)11-15-12(10(3)4)17-13(16-11)18-7-5-14-6-8-18/h9-10,14H,5-8H2,1-4H3. The van der Waals surface area contributed by atoms with Crippen LogP contribution in [0, 0.1) is 0 Å². The quantitative estimate of drug-likeness (QED) is 0.880. The van der Waals surface area contributed by atoms with E-state index >= 15 is 0 Å². The van der Waals surface area contributed by atoms with Crippen molar-refractivity contribution < 1.29 is 0 Å². The lowest BCUT2D eigenvalue weighted by Gasteiger charge is -2.28. The summed E-state index contributed by atoms with van der Waals surface area (Å²) in [6.07, 6.45) is 0. The van der Waals surface area contributed by atoms with Crippen LogP contribution in [0.1, 0.15) is 51.2 Å². The summed E-state index contributed by atoms with van der Waals surface area (Å²) in [6.45, 7) is 12.4. The third-order valence-electron chi connectivity index (χ3n) is 3.09. The van der Waals surface area contributed by atoms with Crippen LogP contribution in [0.5, 0.6) is 0 Å². The third kappa shape index (κ3) is 2.96. The van der Waals surface area contributed by atoms with E-state index in [1.165, 1.54) is 0 Å². The van der Waals surface area contributed by atoms with E-state index in [1.54, 1.807) is 0 Å². The second-order valence-corrected chi connectivity index (χ2v) is 5.40. The molecule has 0 unspecified atom stereocenters. The number of nitrogens with zero attached hydrogens (tertiary/aromatic N) is 4. The number of anilines is 1. The van der Waals surface area contributed by atoms with Gasteiger partial charge in [0.1, 0.15) is 11.6 Å². The van der Waals surface area contributed by atoms with Gasteiger partial charge in [-0.25, -0.2) is 4.98 Å². The number of aromatic nitrogens is 3. The highest BCUT2D eigenvalue weighted by Crippen LogP contribution is 2.18. The minimum Gasteiger partial charge on any atom is -0.338 e. The zero-order valence-corrected chi connectivity index (χ0v) is 11.8. The van der Waals surface area contributed by atoms with Crippen LogP contribution in [0.25, 0.3) is 0 Å². The molecule has 0 spiro atoms. The molecule has 2 heterocycles. The maximum absolute atomic E-state index is 4.61. The van der Waals surface area contributed by atoms with Crippen LogP contribution in [0.3, 0.4) is 0 Å². The molecule has 18 heavy (non-hydrogen) atoms. The van der Waals surface area contributed by atoms with Crippen LogP contribution in [-0.4, -0.2) is 41.1 Å². The lowest BCUT2D eigenvalue weighted by Crippen LogP contribution is -2.44. The molecule has 0 aliphatic carbocycles. The van der Waals surface area contributed by atoms with Gasteiger partial charge in [-0.3, -0.25) is 0 Å². The van der Waals surface area contributed by atoms with E-state index in [0.717, 1.165) is 43.8 Å². The molecule has 0 amide bonds. The largest absolute Gasteiger partial charge is 0.338 e. The topological polar surface area (TPSA) is 53.9 Å². The number of piperazine rings is 1. The summed E-state index contributed by atoms with van der Waals surface area (Å²) >= 11 is 0. The van der Waals surface area contributed by atoms with E-state index in [9.17, 15) is 0 Å². The van der Waals surface area contributed by atoms with Crippen molar-refractivity contribution in [2.45, 2.75) is 39.5 Å². The molecule has 0 saturated carbocycles.